The molecule has 0 radical (unpaired) electrons. The Balaban J connectivity index is 2.32. The van der Waals surface area contributed by atoms with Crippen LogP contribution in [0.25, 0.3) is 0 Å². The predicted molar refractivity (Wildman–Crippen MR) is 146 cm³/mol. The molecule has 0 aliphatic carbocycles. The highest BCUT2D eigenvalue weighted by molar-refractivity contribution is 5.72. The van der Waals surface area contributed by atoms with Crippen molar-refractivity contribution in [1.82, 2.24) is 4.90 Å². The first-order valence-electron chi connectivity index (χ1n) is 13.6. The Morgan fingerprint density at radius 2 is 1.30 bits per heavy atom. The molecule has 2 aromatic carbocycles. The van der Waals surface area contributed by atoms with Gasteiger partial charge in [-0.3, -0.25) is 9.69 Å². The van der Waals surface area contributed by atoms with Crippen LogP contribution in [0.5, 0.6) is 0 Å². The van der Waals surface area contributed by atoms with E-state index in [9.17, 15) is 36.2 Å². The molecule has 3 nitrogen and oxygen atoms in total. The Kier molecular flexibility index (Phi) is 9.39. The van der Waals surface area contributed by atoms with E-state index < -0.39 is 76.5 Å². The quantitative estimate of drug-likeness (QED) is 0.269. The van der Waals surface area contributed by atoms with E-state index in [-0.39, 0.29) is 17.7 Å². The number of carboxylic acids is 1. The molecule has 1 aliphatic rings. The van der Waals surface area contributed by atoms with Gasteiger partial charge in [0.15, 0.2) is 0 Å². The molecule has 236 valence electrons. The third kappa shape index (κ3) is 8.08. The maximum Gasteiger partial charge on any atom is 0.416 e. The van der Waals surface area contributed by atoms with Crippen molar-refractivity contribution in [3.8, 4) is 11.8 Å². The predicted octanol–water partition coefficient (Wildman–Crippen LogP) is 9.26. The molecule has 4 atom stereocenters. The van der Waals surface area contributed by atoms with Crippen LogP contribution in [-0.2, 0) is 17.1 Å². The SMILES string of the molecule is CC(C)(C)C#CCN1C(c2ccc(C(F)(F)F)cc2)CC(F)(F)C(C(C(=O)O)C(C)(C)C)C1c1ccc(C(F)(F)F)cc1. The van der Waals surface area contributed by atoms with Crippen molar-refractivity contribution in [2.75, 3.05) is 6.54 Å². The molecule has 1 saturated heterocycles. The van der Waals surface area contributed by atoms with Gasteiger partial charge in [-0.15, -0.1) is 0 Å². The monoisotopic (exact) mass is 617 g/mol. The summed E-state index contributed by atoms with van der Waals surface area (Å²) < 4.78 is 113. The summed E-state index contributed by atoms with van der Waals surface area (Å²) in [6.45, 7) is 9.74. The molecule has 0 saturated carbocycles. The number of piperidine rings is 1. The summed E-state index contributed by atoms with van der Waals surface area (Å²) in [5.41, 5.74) is -3.57. The fraction of sp³-hybridized carbons (Fsp3) is 0.531. The van der Waals surface area contributed by atoms with E-state index in [1.165, 1.54) is 25.7 Å². The lowest BCUT2D eigenvalue weighted by molar-refractivity contribution is -0.196. The number of rotatable bonds is 5. The first-order valence-corrected chi connectivity index (χ1v) is 13.6. The van der Waals surface area contributed by atoms with Crippen molar-refractivity contribution in [1.29, 1.82) is 0 Å². The van der Waals surface area contributed by atoms with E-state index in [1.807, 2.05) is 20.8 Å². The third-order valence-corrected chi connectivity index (χ3v) is 7.54. The van der Waals surface area contributed by atoms with Crippen LogP contribution in [0.2, 0.25) is 0 Å². The van der Waals surface area contributed by atoms with E-state index in [2.05, 4.69) is 11.8 Å². The summed E-state index contributed by atoms with van der Waals surface area (Å²) in [5.74, 6) is -2.81. The molecule has 1 N–H and O–H groups in total. The summed E-state index contributed by atoms with van der Waals surface area (Å²) in [6.07, 6.45) is -10.3. The molecule has 0 spiro atoms. The van der Waals surface area contributed by atoms with E-state index in [0.717, 1.165) is 48.5 Å². The number of halogens is 8. The fourth-order valence-corrected chi connectivity index (χ4v) is 5.71. The number of alkyl halides is 8. The number of carboxylic acid groups (broad SMARTS) is 1. The van der Waals surface area contributed by atoms with Gasteiger partial charge >= 0.3 is 18.3 Å². The molecular formula is C32H35F8NO2. The van der Waals surface area contributed by atoms with Gasteiger partial charge in [0.1, 0.15) is 0 Å². The molecule has 43 heavy (non-hydrogen) atoms. The molecule has 0 bridgehead atoms. The zero-order valence-electron chi connectivity index (χ0n) is 24.7. The Bertz CT molecular complexity index is 1340. The zero-order chi connectivity index (χ0) is 32.8. The minimum atomic E-state index is -4.70. The number of aliphatic carboxylic acids is 1. The topological polar surface area (TPSA) is 40.5 Å². The molecule has 11 heteroatoms. The Labute approximate surface area is 246 Å². The minimum absolute atomic E-state index is 0.0161. The van der Waals surface area contributed by atoms with Crippen LogP contribution in [0, 0.1) is 34.5 Å². The highest BCUT2D eigenvalue weighted by Crippen LogP contribution is 2.57. The molecule has 0 aromatic heterocycles. The highest BCUT2D eigenvalue weighted by atomic mass is 19.4. The van der Waals surface area contributed by atoms with E-state index in [4.69, 9.17) is 0 Å². The van der Waals surface area contributed by atoms with Crippen molar-refractivity contribution in [2.24, 2.45) is 22.7 Å². The number of likely N-dealkylation sites (tertiary alicyclic amines) is 1. The lowest BCUT2D eigenvalue weighted by Gasteiger charge is -2.53. The fourth-order valence-electron chi connectivity index (χ4n) is 5.71. The highest BCUT2D eigenvalue weighted by Gasteiger charge is 2.60. The standard InChI is InChI=1S/C32H35F8NO2/c1-28(2,3)16-7-17-41-23(19-8-12-21(13-9-19)31(35,36)37)18-30(33,34)24(25(27(42)43)29(4,5)6)26(41)20-10-14-22(15-11-20)32(38,39)40/h8-15,23-26H,17-18H2,1-6H3,(H,42,43). The average molecular weight is 618 g/mol. The van der Waals surface area contributed by atoms with Crippen LogP contribution >= 0.6 is 0 Å². The van der Waals surface area contributed by atoms with Gasteiger partial charge in [-0.25, -0.2) is 8.78 Å². The van der Waals surface area contributed by atoms with Crippen LogP contribution < -0.4 is 0 Å². The second kappa shape index (κ2) is 11.8. The van der Waals surface area contributed by atoms with Gasteiger partial charge in [-0.1, -0.05) is 56.9 Å². The smallest absolute Gasteiger partial charge is 0.416 e. The summed E-state index contributed by atoms with van der Waals surface area (Å²) >= 11 is 0. The van der Waals surface area contributed by atoms with Crippen LogP contribution in [-0.4, -0.2) is 28.4 Å². The number of benzene rings is 2. The van der Waals surface area contributed by atoms with Gasteiger partial charge in [0, 0.05) is 23.9 Å². The van der Waals surface area contributed by atoms with Crippen molar-refractivity contribution >= 4 is 5.97 Å². The molecule has 1 aliphatic heterocycles. The van der Waals surface area contributed by atoms with Gasteiger partial charge in [-0.05, 0) is 61.6 Å². The van der Waals surface area contributed by atoms with Crippen molar-refractivity contribution < 1.29 is 45.0 Å². The molecular weight excluding hydrogens is 582 g/mol. The summed E-state index contributed by atoms with van der Waals surface area (Å²) in [4.78, 5) is 14.1. The number of nitrogens with zero attached hydrogens (tertiary/aromatic N) is 1. The van der Waals surface area contributed by atoms with Crippen LogP contribution in [0.15, 0.2) is 48.5 Å². The van der Waals surface area contributed by atoms with Crippen molar-refractivity contribution in [3.63, 3.8) is 0 Å². The van der Waals surface area contributed by atoms with E-state index >= 15 is 8.78 Å². The number of carbonyl (C=O) groups is 1. The largest absolute Gasteiger partial charge is 0.481 e. The van der Waals surface area contributed by atoms with E-state index in [0.29, 0.717) is 0 Å². The van der Waals surface area contributed by atoms with Crippen LogP contribution in [0.4, 0.5) is 35.1 Å². The summed E-state index contributed by atoms with van der Waals surface area (Å²) in [5, 5.41) is 10.2. The lowest BCUT2D eigenvalue weighted by Crippen LogP contribution is -2.56. The average Bonchev–Trinajstić information content (AvgIpc) is 2.83. The van der Waals surface area contributed by atoms with Gasteiger partial charge in [0.2, 0.25) is 0 Å². The summed E-state index contributed by atoms with van der Waals surface area (Å²) in [6, 6.07) is 4.66. The minimum Gasteiger partial charge on any atom is -0.481 e. The summed E-state index contributed by atoms with van der Waals surface area (Å²) in [7, 11) is 0. The van der Waals surface area contributed by atoms with Gasteiger partial charge in [0.25, 0.3) is 5.92 Å². The normalized spacial score (nSPS) is 22.4. The van der Waals surface area contributed by atoms with Gasteiger partial charge in [-0.2, -0.15) is 26.3 Å². The molecule has 3 rings (SSSR count). The van der Waals surface area contributed by atoms with Gasteiger partial charge < -0.3 is 5.11 Å². The Morgan fingerprint density at radius 3 is 1.67 bits per heavy atom. The van der Waals surface area contributed by atoms with Crippen LogP contribution in [0.1, 0.15) is 82.3 Å². The van der Waals surface area contributed by atoms with Gasteiger partial charge in [0.05, 0.1) is 29.5 Å². The lowest BCUT2D eigenvalue weighted by atomic mass is 9.63. The third-order valence-electron chi connectivity index (χ3n) is 7.54. The second-order valence-electron chi connectivity index (χ2n) is 13.1. The maximum absolute atomic E-state index is 16.4. The van der Waals surface area contributed by atoms with Crippen LogP contribution in [0.3, 0.4) is 0 Å². The molecule has 2 aromatic rings. The molecule has 1 fully saturated rings. The Hall–Kier alpha value is -3.13. The number of hydrogen-bond donors (Lipinski definition) is 1. The van der Waals surface area contributed by atoms with Crippen molar-refractivity contribution in [2.45, 2.75) is 78.3 Å². The van der Waals surface area contributed by atoms with Crippen molar-refractivity contribution in [3.05, 3.63) is 70.8 Å². The maximum atomic E-state index is 16.4. The first kappa shape index (κ1) is 34.4. The molecule has 4 unspecified atom stereocenters. The first-order chi connectivity index (χ1) is 19.4. The number of hydrogen-bond acceptors (Lipinski definition) is 2. The Morgan fingerprint density at radius 1 is 0.860 bits per heavy atom. The van der Waals surface area contributed by atoms with E-state index in [1.54, 1.807) is 0 Å². The molecule has 1 heterocycles. The second-order valence-corrected chi connectivity index (χ2v) is 13.1. The zero-order valence-corrected chi connectivity index (χ0v) is 24.7. The molecule has 0 amide bonds.